The number of aliphatic hydroxyl groups is 1. The van der Waals surface area contributed by atoms with Crippen LogP contribution in [0.5, 0.6) is 11.5 Å². The smallest absolute Gasteiger partial charge is 0.416 e. The van der Waals surface area contributed by atoms with Crippen LogP contribution in [0.1, 0.15) is 35.7 Å². The monoisotopic (exact) mass is 456 g/mol. The zero-order valence-corrected chi connectivity index (χ0v) is 17.9. The SMILES string of the molecule is CC(=NC(=O)c1ccc2c(Oc3ccc(C(F)(F)F)cc3)cccc2c1)C1(O)CCNCC1. The van der Waals surface area contributed by atoms with E-state index >= 15 is 0 Å². The Balaban J connectivity index is 1.57. The maximum absolute atomic E-state index is 12.8. The molecule has 0 atom stereocenters. The van der Waals surface area contributed by atoms with Crippen molar-refractivity contribution in [3.63, 3.8) is 0 Å². The molecule has 1 heterocycles. The van der Waals surface area contributed by atoms with Crippen LogP contribution in [-0.4, -0.2) is 35.4 Å². The Kier molecular flexibility index (Phi) is 6.23. The van der Waals surface area contributed by atoms with Crippen LogP contribution in [0.25, 0.3) is 10.8 Å². The Morgan fingerprint density at radius 2 is 1.76 bits per heavy atom. The van der Waals surface area contributed by atoms with Crippen LogP contribution in [0.3, 0.4) is 0 Å². The summed E-state index contributed by atoms with van der Waals surface area (Å²) < 4.78 is 44.1. The van der Waals surface area contributed by atoms with Crippen LogP contribution >= 0.6 is 0 Å². The Bertz CT molecular complexity index is 1200. The molecule has 1 fully saturated rings. The first-order chi connectivity index (χ1) is 15.7. The molecule has 1 aliphatic rings. The van der Waals surface area contributed by atoms with Crippen molar-refractivity contribution >= 4 is 22.4 Å². The van der Waals surface area contributed by atoms with Gasteiger partial charge in [0, 0.05) is 10.9 Å². The summed E-state index contributed by atoms with van der Waals surface area (Å²) in [5.74, 6) is 0.275. The molecule has 8 heteroatoms. The predicted octanol–water partition coefficient (Wildman–Crippen LogP) is 5.37. The number of nitrogens with one attached hydrogen (secondary N) is 1. The molecule has 0 unspecified atom stereocenters. The maximum atomic E-state index is 12.8. The van der Waals surface area contributed by atoms with Gasteiger partial charge in [-0.15, -0.1) is 0 Å². The molecule has 3 aromatic rings. The van der Waals surface area contributed by atoms with E-state index < -0.39 is 23.2 Å². The summed E-state index contributed by atoms with van der Waals surface area (Å²) in [7, 11) is 0. The molecule has 0 aromatic heterocycles. The number of carbonyl (C=O) groups is 1. The number of piperidine rings is 1. The van der Waals surface area contributed by atoms with Crippen LogP contribution < -0.4 is 10.1 Å². The number of ether oxygens (including phenoxy) is 1. The van der Waals surface area contributed by atoms with E-state index in [1.165, 1.54) is 12.1 Å². The number of amides is 1. The van der Waals surface area contributed by atoms with Gasteiger partial charge in [-0.1, -0.05) is 12.1 Å². The molecule has 0 aliphatic carbocycles. The molecular formula is C25H23F3N2O3. The summed E-state index contributed by atoms with van der Waals surface area (Å²) in [6.07, 6.45) is -3.42. The minimum absolute atomic E-state index is 0.270. The van der Waals surface area contributed by atoms with Crippen molar-refractivity contribution in [2.24, 2.45) is 4.99 Å². The fraction of sp³-hybridized carbons (Fsp3) is 0.280. The van der Waals surface area contributed by atoms with E-state index in [9.17, 15) is 23.1 Å². The second-order valence-electron chi connectivity index (χ2n) is 8.10. The highest BCUT2D eigenvalue weighted by Gasteiger charge is 2.33. The number of nitrogens with zero attached hydrogens (tertiary/aromatic N) is 1. The molecule has 1 aliphatic heterocycles. The third kappa shape index (κ3) is 5.07. The Morgan fingerprint density at radius 1 is 1.06 bits per heavy atom. The minimum Gasteiger partial charge on any atom is -0.457 e. The van der Waals surface area contributed by atoms with E-state index in [1.54, 1.807) is 37.3 Å². The first-order valence-corrected chi connectivity index (χ1v) is 10.6. The zero-order chi connectivity index (χ0) is 23.6. The van der Waals surface area contributed by atoms with E-state index in [2.05, 4.69) is 10.3 Å². The Labute approximate surface area is 188 Å². The summed E-state index contributed by atoms with van der Waals surface area (Å²) >= 11 is 0. The number of fused-ring (bicyclic) bond motifs is 1. The molecule has 0 saturated carbocycles. The zero-order valence-electron chi connectivity index (χ0n) is 17.9. The van der Waals surface area contributed by atoms with Gasteiger partial charge in [0.15, 0.2) is 0 Å². The number of hydrogen-bond acceptors (Lipinski definition) is 4. The summed E-state index contributed by atoms with van der Waals surface area (Å²) in [4.78, 5) is 16.9. The molecule has 172 valence electrons. The molecule has 1 amide bonds. The molecule has 1 saturated heterocycles. The summed E-state index contributed by atoms with van der Waals surface area (Å²) in [6.45, 7) is 2.99. The van der Waals surface area contributed by atoms with E-state index in [1.807, 2.05) is 6.07 Å². The highest BCUT2D eigenvalue weighted by molar-refractivity contribution is 6.07. The van der Waals surface area contributed by atoms with Crippen LogP contribution in [0.4, 0.5) is 13.2 Å². The van der Waals surface area contributed by atoms with Crippen LogP contribution in [-0.2, 0) is 6.18 Å². The van der Waals surface area contributed by atoms with Gasteiger partial charge in [0.25, 0.3) is 5.91 Å². The average Bonchev–Trinajstić information content (AvgIpc) is 2.79. The highest BCUT2D eigenvalue weighted by atomic mass is 19.4. The van der Waals surface area contributed by atoms with Crippen molar-refractivity contribution < 1.29 is 27.8 Å². The van der Waals surface area contributed by atoms with Crippen molar-refractivity contribution in [3.8, 4) is 11.5 Å². The summed E-state index contributed by atoms with van der Waals surface area (Å²) in [5.41, 5.74) is -1.07. The number of alkyl halides is 3. The number of hydrogen-bond donors (Lipinski definition) is 2. The lowest BCUT2D eigenvalue weighted by Crippen LogP contribution is -2.47. The number of rotatable bonds is 4. The standard InChI is InChI=1S/C25H23F3N2O3/c1-16(24(32)11-13-29-14-12-24)30-23(31)18-5-10-21-17(15-18)3-2-4-22(21)33-20-8-6-19(7-9-20)25(26,27)28/h2-10,15,29,32H,11-14H2,1H3. The van der Waals surface area contributed by atoms with Gasteiger partial charge in [-0.2, -0.15) is 13.2 Å². The lowest BCUT2D eigenvalue weighted by atomic mass is 9.88. The third-order valence-electron chi connectivity index (χ3n) is 5.87. The topological polar surface area (TPSA) is 70.9 Å². The summed E-state index contributed by atoms with van der Waals surface area (Å²) in [6, 6.07) is 14.7. The molecule has 33 heavy (non-hydrogen) atoms. The van der Waals surface area contributed by atoms with Gasteiger partial charge in [-0.3, -0.25) is 4.79 Å². The fourth-order valence-electron chi connectivity index (χ4n) is 3.84. The number of benzene rings is 3. The van der Waals surface area contributed by atoms with Gasteiger partial charge in [-0.25, -0.2) is 4.99 Å². The van der Waals surface area contributed by atoms with Gasteiger partial charge in [-0.05, 0) is 86.8 Å². The number of halogens is 3. The third-order valence-corrected chi connectivity index (χ3v) is 5.87. The quantitative estimate of drug-likeness (QED) is 0.518. The van der Waals surface area contributed by atoms with Gasteiger partial charge in [0.2, 0.25) is 0 Å². The largest absolute Gasteiger partial charge is 0.457 e. The van der Waals surface area contributed by atoms with Gasteiger partial charge < -0.3 is 15.2 Å². The molecule has 5 nitrogen and oxygen atoms in total. The van der Waals surface area contributed by atoms with E-state index in [0.29, 0.717) is 48.3 Å². The lowest BCUT2D eigenvalue weighted by molar-refractivity contribution is -0.137. The second kappa shape index (κ2) is 8.96. The van der Waals surface area contributed by atoms with Gasteiger partial charge in [0.1, 0.15) is 17.1 Å². The average molecular weight is 456 g/mol. The van der Waals surface area contributed by atoms with E-state index in [4.69, 9.17) is 4.74 Å². The van der Waals surface area contributed by atoms with Crippen molar-refractivity contribution in [2.45, 2.75) is 31.5 Å². The van der Waals surface area contributed by atoms with E-state index in [0.717, 1.165) is 17.5 Å². The van der Waals surface area contributed by atoms with Crippen molar-refractivity contribution in [2.75, 3.05) is 13.1 Å². The second-order valence-corrected chi connectivity index (χ2v) is 8.10. The number of aliphatic imine (C=N–C) groups is 1. The Hall–Kier alpha value is -3.23. The molecule has 3 aromatic carbocycles. The van der Waals surface area contributed by atoms with Crippen molar-refractivity contribution in [1.29, 1.82) is 0 Å². The molecule has 0 spiro atoms. The summed E-state index contributed by atoms with van der Waals surface area (Å²) in [5, 5.41) is 15.3. The predicted molar refractivity (Wildman–Crippen MR) is 120 cm³/mol. The minimum atomic E-state index is -4.41. The molecule has 2 N–H and O–H groups in total. The Morgan fingerprint density at radius 3 is 2.42 bits per heavy atom. The molecule has 0 bridgehead atoms. The highest BCUT2D eigenvalue weighted by Crippen LogP contribution is 2.34. The molecule has 4 rings (SSSR count). The lowest BCUT2D eigenvalue weighted by Gasteiger charge is -2.32. The molecular weight excluding hydrogens is 433 g/mol. The van der Waals surface area contributed by atoms with E-state index in [-0.39, 0.29) is 5.75 Å². The fourth-order valence-corrected chi connectivity index (χ4v) is 3.84. The first-order valence-electron chi connectivity index (χ1n) is 10.6. The number of carbonyl (C=O) groups excluding carboxylic acids is 1. The molecule has 0 radical (unpaired) electrons. The van der Waals surface area contributed by atoms with Crippen LogP contribution in [0.15, 0.2) is 65.7 Å². The first kappa shape index (κ1) is 22.9. The van der Waals surface area contributed by atoms with Crippen LogP contribution in [0, 0.1) is 0 Å². The van der Waals surface area contributed by atoms with Gasteiger partial charge >= 0.3 is 6.18 Å². The van der Waals surface area contributed by atoms with Crippen LogP contribution in [0.2, 0.25) is 0 Å². The normalized spacial score (nSPS) is 16.6. The van der Waals surface area contributed by atoms with Gasteiger partial charge in [0.05, 0.1) is 11.3 Å². The maximum Gasteiger partial charge on any atom is 0.416 e. The van der Waals surface area contributed by atoms with Crippen molar-refractivity contribution in [1.82, 2.24) is 5.32 Å². The van der Waals surface area contributed by atoms with Crippen molar-refractivity contribution in [3.05, 3.63) is 71.8 Å².